The van der Waals surface area contributed by atoms with Crippen LogP contribution in [0.5, 0.6) is 0 Å². The van der Waals surface area contributed by atoms with Crippen LogP contribution in [0.2, 0.25) is 0 Å². The Hall–Kier alpha value is -1.04. The Kier molecular flexibility index (Phi) is 3.16. The zero-order valence-corrected chi connectivity index (χ0v) is 12.2. The second-order valence-corrected chi connectivity index (χ2v) is 6.00. The molecule has 2 aromatic rings. The molecule has 0 N–H and O–H groups in total. The van der Waals surface area contributed by atoms with Crippen molar-refractivity contribution in [2.75, 3.05) is 0 Å². The zero-order valence-electron chi connectivity index (χ0n) is 10.0. The molecular weight excluding hydrogens is 329 g/mol. The first-order valence-electron chi connectivity index (χ1n) is 5.37. The van der Waals surface area contributed by atoms with Gasteiger partial charge in [-0.25, -0.2) is 4.79 Å². The summed E-state index contributed by atoms with van der Waals surface area (Å²) < 4.78 is 8.02. The minimum absolute atomic E-state index is 0.338. The molecule has 4 heteroatoms. The van der Waals surface area contributed by atoms with E-state index in [1.807, 2.05) is 45.0 Å². The summed E-state index contributed by atoms with van der Waals surface area (Å²) in [5, 5.41) is 1.07. The molecule has 90 valence electrons. The monoisotopic (exact) mass is 343 g/mol. The van der Waals surface area contributed by atoms with Crippen molar-refractivity contribution < 1.29 is 9.53 Å². The van der Waals surface area contributed by atoms with Crippen LogP contribution in [0.3, 0.4) is 0 Å². The normalized spacial score (nSPS) is 11.8. The Morgan fingerprint density at radius 2 is 2.00 bits per heavy atom. The van der Waals surface area contributed by atoms with Gasteiger partial charge in [0.1, 0.15) is 5.60 Å². The van der Waals surface area contributed by atoms with Gasteiger partial charge in [0.05, 0.1) is 5.52 Å². The van der Waals surface area contributed by atoms with E-state index >= 15 is 0 Å². The summed E-state index contributed by atoms with van der Waals surface area (Å²) in [5.41, 5.74) is 0.404. The summed E-state index contributed by atoms with van der Waals surface area (Å²) in [4.78, 5) is 12.0. The smallest absolute Gasteiger partial charge is 0.418 e. The Bertz CT molecular complexity index is 566. The van der Waals surface area contributed by atoms with E-state index in [1.54, 1.807) is 10.8 Å². The molecule has 0 aliphatic carbocycles. The van der Waals surface area contributed by atoms with Crippen LogP contribution >= 0.6 is 22.6 Å². The maximum atomic E-state index is 12.0. The van der Waals surface area contributed by atoms with Crippen molar-refractivity contribution >= 4 is 39.6 Å². The molecule has 17 heavy (non-hydrogen) atoms. The summed E-state index contributed by atoms with van der Waals surface area (Å²) in [6.07, 6.45) is 1.41. The summed E-state index contributed by atoms with van der Waals surface area (Å²) >= 11 is 2.26. The number of carbonyl (C=O) groups is 1. The molecule has 0 bridgehead atoms. The SMILES string of the molecule is CC(C)(C)OC(=O)n1ccc2c(I)cccc21. The van der Waals surface area contributed by atoms with Gasteiger partial charge in [0.25, 0.3) is 0 Å². The molecule has 1 aromatic carbocycles. The van der Waals surface area contributed by atoms with Gasteiger partial charge in [-0.2, -0.15) is 0 Å². The molecule has 1 heterocycles. The summed E-state index contributed by atoms with van der Waals surface area (Å²) in [7, 11) is 0. The van der Waals surface area contributed by atoms with E-state index < -0.39 is 5.60 Å². The molecule has 1 aromatic heterocycles. The predicted octanol–water partition coefficient (Wildman–Crippen LogP) is 4.03. The van der Waals surface area contributed by atoms with Gasteiger partial charge in [-0.1, -0.05) is 6.07 Å². The van der Waals surface area contributed by atoms with Gasteiger partial charge >= 0.3 is 6.09 Å². The van der Waals surface area contributed by atoms with Crippen molar-refractivity contribution in [3.05, 3.63) is 34.0 Å². The number of ether oxygens (including phenoxy) is 1. The second kappa shape index (κ2) is 4.33. The number of nitrogens with zero attached hydrogens (tertiary/aromatic N) is 1. The molecule has 0 saturated heterocycles. The molecule has 0 unspecified atom stereocenters. The second-order valence-electron chi connectivity index (χ2n) is 4.84. The van der Waals surface area contributed by atoms with Crippen molar-refractivity contribution in [3.63, 3.8) is 0 Å². The molecule has 0 fully saturated rings. The first-order valence-corrected chi connectivity index (χ1v) is 6.45. The highest BCUT2D eigenvalue weighted by Crippen LogP contribution is 2.22. The Labute approximate surface area is 114 Å². The van der Waals surface area contributed by atoms with Crippen molar-refractivity contribution in [2.45, 2.75) is 26.4 Å². The zero-order chi connectivity index (χ0) is 12.6. The number of hydrogen-bond acceptors (Lipinski definition) is 2. The standard InChI is InChI=1S/C13H14INO2/c1-13(2,3)17-12(16)15-8-7-9-10(14)5-4-6-11(9)15/h4-8H,1-3H3. The van der Waals surface area contributed by atoms with Gasteiger partial charge in [0.15, 0.2) is 0 Å². The van der Waals surface area contributed by atoms with Gasteiger partial charge in [-0.3, -0.25) is 4.57 Å². The molecule has 0 aliphatic rings. The highest BCUT2D eigenvalue weighted by atomic mass is 127. The third-order valence-electron chi connectivity index (χ3n) is 2.27. The van der Waals surface area contributed by atoms with E-state index in [1.165, 1.54) is 0 Å². The van der Waals surface area contributed by atoms with Crippen LogP contribution in [-0.4, -0.2) is 16.3 Å². The molecule has 0 radical (unpaired) electrons. The lowest BCUT2D eigenvalue weighted by Crippen LogP contribution is -2.26. The molecular formula is C13H14INO2. The van der Waals surface area contributed by atoms with Crippen LogP contribution in [0.15, 0.2) is 30.5 Å². The Morgan fingerprint density at radius 3 is 2.65 bits per heavy atom. The van der Waals surface area contributed by atoms with Gasteiger partial charge in [-0.15, -0.1) is 0 Å². The van der Waals surface area contributed by atoms with Crippen LogP contribution in [0.4, 0.5) is 4.79 Å². The molecule has 0 atom stereocenters. The van der Waals surface area contributed by atoms with Crippen molar-refractivity contribution in [2.24, 2.45) is 0 Å². The van der Waals surface area contributed by atoms with Gasteiger partial charge in [0.2, 0.25) is 0 Å². The number of fused-ring (bicyclic) bond motifs is 1. The summed E-state index contributed by atoms with van der Waals surface area (Å²) in [6.45, 7) is 5.58. The first kappa shape index (κ1) is 12.4. The largest absolute Gasteiger partial charge is 0.443 e. The molecule has 0 spiro atoms. The van der Waals surface area contributed by atoms with Crippen LogP contribution in [0, 0.1) is 3.57 Å². The molecule has 0 aliphatic heterocycles. The molecule has 0 saturated carbocycles. The number of hydrogen-bond donors (Lipinski definition) is 0. The van der Waals surface area contributed by atoms with E-state index in [9.17, 15) is 4.79 Å². The van der Waals surface area contributed by atoms with E-state index in [0.717, 1.165) is 14.5 Å². The predicted molar refractivity (Wildman–Crippen MR) is 76.3 cm³/mol. The molecule has 3 nitrogen and oxygen atoms in total. The van der Waals surface area contributed by atoms with Crippen LogP contribution < -0.4 is 0 Å². The molecule has 2 rings (SSSR count). The van der Waals surface area contributed by atoms with E-state index in [4.69, 9.17) is 4.74 Å². The lowest BCUT2D eigenvalue weighted by atomic mass is 10.2. The topological polar surface area (TPSA) is 31.2 Å². The number of rotatable bonds is 0. The maximum Gasteiger partial charge on any atom is 0.418 e. The maximum absolute atomic E-state index is 12.0. The summed E-state index contributed by atoms with van der Waals surface area (Å²) in [6, 6.07) is 7.80. The highest BCUT2D eigenvalue weighted by molar-refractivity contribution is 14.1. The van der Waals surface area contributed by atoms with Crippen LogP contribution in [-0.2, 0) is 4.74 Å². The Balaban J connectivity index is 2.43. The lowest BCUT2D eigenvalue weighted by molar-refractivity contribution is 0.0544. The van der Waals surface area contributed by atoms with Gasteiger partial charge in [0, 0.05) is 15.2 Å². The van der Waals surface area contributed by atoms with Crippen molar-refractivity contribution in [1.82, 2.24) is 4.57 Å². The average Bonchev–Trinajstić information content (AvgIpc) is 2.60. The van der Waals surface area contributed by atoms with Gasteiger partial charge < -0.3 is 4.74 Å². The number of benzene rings is 1. The third kappa shape index (κ3) is 2.62. The van der Waals surface area contributed by atoms with Crippen molar-refractivity contribution in [3.8, 4) is 0 Å². The van der Waals surface area contributed by atoms with Crippen LogP contribution in [0.25, 0.3) is 10.9 Å². The number of aromatic nitrogens is 1. The number of halogens is 1. The lowest BCUT2D eigenvalue weighted by Gasteiger charge is -2.19. The van der Waals surface area contributed by atoms with E-state index in [2.05, 4.69) is 22.6 Å². The number of carbonyl (C=O) groups excluding carboxylic acids is 1. The fourth-order valence-electron chi connectivity index (χ4n) is 1.60. The molecule has 0 amide bonds. The highest BCUT2D eigenvalue weighted by Gasteiger charge is 2.19. The van der Waals surface area contributed by atoms with Crippen LogP contribution in [0.1, 0.15) is 20.8 Å². The average molecular weight is 343 g/mol. The summed E-state index contributed by atoms with van der Waals surface area (Å²) in [5.74, 6) is 0. The van der Waals surface area contributed by atoms with E-state index in [-0.39, 0.29) is 6.09 Å². The minimum atomic E-state index is -0.477. The Morgan fingerprint density at radius 1 is 1.29 bits per heavy atom. The van der Waals surface area contributed by atoms with Crippen molar-refractivity contribution in [1.29, 1.82) is 0 Å². The third-order valence-corrected chi connectivity index (χ3v) is 3.21. The van der Waals surface area contributed by atoms with E-state index in [0.29, 0.717) is 0 Å². The fourth-order valence-corrected chi connectivity index (χ4v) is 2.26. The first-order chi connectivity index (χ1) is 7.88. The minimum Gasteiger partial charge on any atom is -0.443 e. The fraction of sp³-hybridized carbons (Fsp3) is 0.308. The van der Waals surface area contributed by atoms with Gasteiger partial charge in [-0.05, 0) is 61.6 Å². The quantitative estimate of drug-likeness (QED) is 0.677.